The predicted octanol–water partition coefficient (Wildman–Crippen LogP) is 2.70. The SMILES string of the molecule is Cc1ccccc1N1CCN(CCCCN2C(=O)[C@@H]3[C@H](C2=O)[C@@H]2C=C[C@H]3C2)CC1. The maximum atomic E-state index is 12.7. The number of piperazine rings is 1. The van der Waals surface area contributed by atoms with E-state index in [1.165, 1.54) is 11.3 Å². The molecule has 2 aliphatic carbocycles. The standard InChI is InChI=1S/C24H31N3O2/c1-17-6-2-3-7-20(17)26-14-12-25(13-15-26)10-4-5-11-27-23(28)21-18-8-9-19(16-18)22(21)24(27)29/h2-3,6-9,18-19,21-22H,4-5,10-16H2,1H3/t18-,19+,21-,22+. The normalized spacial score (nSPS) is 31.2. The lowest BCUT2D eigenvalue weighted by Crippen LogP contribution is -2.47. The largest absolute Gasteiger partial charge is 0.369 e. The van der Waals surface area contributed by atoms with Crippen molar-refractivity contribution in [3.8, 4) is 0 Å². The van der Waals surface area contributed by atoms with E-state index in [2.05, 4.69) is 53.1 Å². The Labute approximate surface area is 173 Å². The summed E-state index contributed by atoms with van der Waals surface area (Å²) in [5.41, 5.74) is 2.70. The Kier molecular flexibility index (Phi) is 4.94. The Morgan fingerprint density at radius 2 is 1.48 bits per heavy atom. The summed E-state index contributed by atoms with van der Waals surface area (Å²) in [5.74, 6) is 0.735. The van der Waals surface area contributed by atoms with E-state index in [1.807, 2.05) is 0 Å². The number of unbranched alkanes of at least 4 members (excludes halogenated alkanes) is 1. The topological polar surface area (TPSA) is 43.9 Å². The minimum absolute atomic E-state index is 0.0491. The van der Waals surface area contributed by atoms with Crippen LogP contribution in [0.5, 0.6) is 0 Å². The number of fused-ring (bicyclic) bond motifs is 5. The van der Waals surface area contributed by atoms with E-state index in [-0.39, 0.29) is 23.7 Å². The van der Waals surface area contributed by atoms with Crippen LogP contribution < -0.4 is 4.90 Å². The lowest BCUT2D eigenvalue weighted by molar-refractivity contribution is -0.140. The summed E-state index contributed by atoms with van der Waals surface area (Å²) >= 11 is 0. The minimum atomic E-state index is -0.0491. The van der Waals surface area contributed by atoms with Gasteiger partial charge in [-0.05, 0) is 56.2 Å². The van der Waals surface area contributed by atoms with Gasteiger partial charge < -0.3 is 4.90 Å². The van der Waals surface area contributed by atoms with Crippen molar-refractivity contribution in [3.05, 3.63) is 42.0 Å². The number of amides is 2. The van der Waals surface area contributed by atoms with Gasteiger partial charge in [0.1, 0.15) is 0 Å². The van der Waals surface area contributed by atoms with Gasteiger partial charge >= 0.3 is 0 Å². The molecule has 29 heavy (non-hydrogen) atoms. The molecule has 0 N–H and O–H groups in total. The molecule has 1 aromatic carbocycles. The van der Waals surface area contributed by atoms with Crippen LogP contribution >= 0.6 is 0 Å². The van der Waals surface area contributed by atoms with Crippen LogP contribution in [-0.4, -0.2) is 60.9 Å². The highest BCUT2D eigenvalue weighted by molar-refractivity contribution is 6.06. The average Bonchev–Trinajstić information content (AvgIpc) is 3.41. The van der Waals surface area contributed by atoms with E-state index >= 15 is 0 Å². The number of likely N-dealkylation sites (tertiary alicyclic amines) is 1. The van der Waals surface area contributed by atoms with Crippen LogP contribution in [0, 0.1) is 30.6 Å². The molecule has 3 fully saturated rings. The lowest BCUT2D eigenvalue weighted by atomic mass is 9.85. The molecule has 4 atom stereocenters. The van der Waals surface area contributed by atoms with Gasteiger partial charge in [0.05, 0.1) is 11.8 Å². The van der Waals surface area contributed by atoms with Crippen LogP contribution in [0.3, 0.4) is 0 Å². The van der Waals surface area contributed by atoms with Crippen LogP contribution in [0.25, 0.3) is 0 Å². The Morgan fingerprint density at radius 1 is 0.862 bits per heavy atom. The highest BCUT2D eigenvalue weighted by Gasteiger charge is 2.58. The molecule has 2 aliphatic heterocycles. The molecule has 2 amide bonds. The average molecular weight is 394 g/mol. The Bertz CT molecular complexity index is 797. The second kappa shape index (κ2) is 7.60. The number of hydrogen-bond acceptors (Lipinski definition) is 4. The number of carbonyl (C=O) groups is 2. The molecular formula is C24H31N3O2. The highest BCUT2D eigenvalue weighted by atomic mass is 16.2. The molecule has 0 spiro atoms. The van der Waals surface area contributed by atoms with Gasteiger partial charge in [0, 0.05) is 38.4 Å². The lowest BCUT2D eigenvalue weighted by Gasteiger charge is -2.36. The summed E-state index contributed by atoms with van der Waals surface area (Å²) in [5, 5.41) is 0. The first-order valence-corrected chi connectivity index (χ1v) is 11.2. The summed E-state index contributed by atoms with van der Waals surface area (Å²) in [7, 11) is 0. The summed E-state index contributed by atoms with van der Waals surface area (Å²) in [4.78, 5) is 32.1. The van der Waals surface area contributed by atoms with Gasteiger partial charge in [-0.25, -0.2) is 0 Å². The first kappa shape index (κ1) is 18.9. The quantitative estimate of drug-likeness (QED) is 0.423. The van der Waals surface area contributed by atoms with Gasteiger partial charge in [-0.1, -0.05) is 30.4 Å². The van der Waals surface area contributed by atoms with E-state index in [9.17, 15) is 9.59 Å². The predicted molar refractivity (Wildman–Crippen MR) is 114 cm³/mol. The summed E-state index contributed by atoms with van der Waals surface area (Å²) < 4.78 is 0. The summed E-state index contributed by atoms with van der Waals surface area (Å²) in [6.07, 6.45) is 7.29. The molecule has 0 aromatic heterocycles. The smallest absolute Gasteiger partial charge is 0.233 e. The number of rotatable bonds is 6. The van der Waals surface area contributed by atoms with Gasteiger partial charge in [0.2, 0.25) is 11.8 Å². The number of para-hydroxylation sites is 1. The van der Waals surface area contributed by atoms with Crippen molar-refractivity contribution >= 4 is 17.5 Å². The maximum absolute atomic E-state index is 12.7. The summed E-state index contributed by atoms with van der Waals surface area (Å²) in [6, 6.07) is 8.61. The molecule has 2 saturated heterocycles. The maximum Gasteiger partial charge on any atom is 0.233 e. The number of aryl methyl sites for hydroxylation is 1. The minimum Gasteiger partial charge on any atom is -0.369 e. The molecule has 2 heterocycles. The van der Waals surface area contributed by atoms with E-state index in [0.717, 1.165) is 52.0 Å². The second-order valence-corrected chi connectivity index (χ2v) is 9.15. The molecule has 1 saturated carbocycles. The number of carbonyl (C=O) groups excluding carboxylic acids is 2. The second-order valence-electron chi connectivity index (χ2n) is 9.15. The molecule has 4 aliphatic rings. The molecule has 5 heteroatoms. The van der Waals surface area contributed by atoms with Crippen LogP contribution in [0.4, 0.5) is 5.69 Å². The fraction of sp³-hybridized carbons (Fsp3) is 0.583. The van der Waals surface area contributed by atoms with E-state index in [4.69, 9.17) is 0 Å². The molecule has 5 nitrogen and oxygen atoms in total. The van der Waals surface area contributed by atoms with Gasteiger partial charge in [-0.2, -0.15) is 0 Å². The van der Waals surface area contributed by atoms with Crippen molar-refractivity contribution in [2.75, 3.05) is 44.2 Å². The Hall–Kier alpha value is -2.14. The van der Waals surface area contributed by atoms with Crippen molar-refractivity contribution in [2.45, 2.75) is 26.2 Å². The van der Waals surface area contributed by atoms with Gasteiger partial charge in [0.25, 0.3) is 0 Å². The fourth-order valence-electron chi connectivity index (χ4n) is 5.92. The molecule has 0 radical (unpaired) electrons. The van der Waals surface area contributed by atoms with E-state index < -0.39 is 0 Å². The number of imide groups is 1. The first-order valence-electron chi connectivity index (χ1n) is 11.2. The van der Waals surface area contributed by atoms with Crippen molar-refractivity contribution in [3.63, 3.8) is 0 Å². The highest BCUT2D eigenvalue weighted by Crippen LogP contribution is 2.52. The van der Waals surface area contributed by atoms with Crippen molar-refractivity contribution < 1.29 is 9.59 Å². The number of allylic oxidation sites excluding steroid dienone is 2. The number of nitrogens with zero attached hydrogens (tertiary/aromatic N) is 3. The van der Waals surface area contributed by atoms with Crippen molar-refractivity contribution in [2.24, 2.45) is 23.7 Å². The summed E-state index contributed by atoms with van der Waals surface area (Å²) in [6.45, 7) is 8.12. The zero-order valence-electron chi connectivity index (χ0n) is 17.3. The first-order chi connectivity index (χ1) is 14.1. The number of hydrogen-bond donors (Lipinski definition) is 0. The van der Waals surface area contributed by atoms with Crippen LogP contribution in [0.1, 0.15) is 24.8 Å². The Balaban J connectivity index is 1.06. The molecule has 1 aromatic rings. The molecule has 2 bridgehead atoms. The number of anilines is 1. The van der Waals surface area contributed by atoms with E-state index in [1.54, 1.807) is 4.90 Å². The monoisotopic (exact) mass is 393 g/mol. The van der Waals surface area contributed by atoms with Gasteiger partial charge in [-0.15, -0.1) is 0 Å². The van der Waals surface area contributed by atoms with Crippen molar-refractivity contribution in [1.29, 1.82) is 0 Å². The molecular weight excluding hydrogens is 362 g/mol. The third-order valence-electron chi connectivity index (χ3n) is 7.50. The zero-order valence-corrected chi connectivity index (χ0v) is 17.3. The molecule has 0 unspecified atom stereocenters. The molecule has 5 rings (SSSR count). The van der Waals surface area contributed by atoms with Crippen LogP contribution in [-0.2, 0) is 9.59 Å². The fourth-order valence-corrected chi connectivity index (χ4v) is 5.92. The van der Waals surface area contributed by atoms with Gasteiger partial charge in [0.15, 0.2) is 0 Å². The van der Waals surface area contributed by atoms with Crippen molar-refractivity contribution in [1.82, 2.24) is 9.80 Å². The molecule has 154 valence electrons. The van der Waals surface area contributed by atoms with Crippen LogP contribution in [0.15, 0.2) is 36.4 Å². The van der Waals surface area contributed by atoms with E-state index in [0.29, 0.717) is 18.4 Å². The Morgan fingerprint density at radius 3 is 2.14 bits per heavy atom. The zero-order chi connectivity index (χ0) is 20.0. The number of benzene rings is 1. The third-order valence-corrected chi connectivity index (χ3v) is 7.50. The third kappa shape index (κ3) is 3.29. The van der Waals surface area contributed by atoms with Crippen LogP contribution in [0.2, 0.25) is 0 Å². The van der Waals surface area contributed by atoms with Gasteiger partial charge in [-0.3, -0.25) is 19.4 Å².